The largest absolute Gasteiger partial charge is 0.379 e. The Morgan fingerprint density at radius 2 is 0.725 bits per heavy atom. The van der Waals surface area contributed by atoms with Crippen LogP contribution >= 0.6 is 0 Å². The van der Waals surface area contributed by atoms with Crippen molar-refractivity contribution in [3.63, 3.8) is 0 Å². The first kappa shape index (κ1) is 31.6. The lowest BCUT2D eigenvalue weighted by atomic mass is 9.68. The Morgan fingerprint density at radius 1 is 0.431 bits per heavy atom. The smallest absolute Gasteiger partial charge is 0.144 e. The monoisotopic (exact) mass is 665 g/mol. The van der Waals surface area contributed by atoms with Gasteiger partial charge in [0.15, 0.2) is 0 Å². The molecular formula is C47H39NO3. The van der Waals surface area contributed by atoms with Gasteiger partial charge in [0.1, 0.15) is 23.0 Å². The maximum absolute atomic E-state index is 14.1. The molecule has 1 heterocycles. The van der Waals surface area contributed by atoms with E-state index < -0.39 is 29.1 Å². The standard InChI is InChI=1S/C47H39NO3/c1-45(2)48-43(46(49,39-27-11-19-31-15-3-7-23-35(31)39)40-28-12-20-32-16-4-8-24-36(32)40)44(51-45)47(50,41-29-13-21-33-17-5-9-25-37(33)41)42-30-14-22-34-18-6-10-26-38(34)42/h3-30,43-44,48-50H,1-2H3/t43-,44+/m1/s1. The summed E-state index contributed by atoms with van der Waals surface area (Å²) in [7, 11) is 0. The van der Waals surface area contributed by atoms with E-state index in [0.29, 0.717) is 11.1 Å². The highest BCUT2D eigenvalue weighted by Crippen LogP contribution is 2.51. The third-order valence-electron chi connectivity index (χ3n) is 10.9. The van der Waals surface area contributed by atoms with Crippen LogP contribution in [0.2, 0.25) is 0 Å². The van der Waals surface area contributed by atoms with Crippen LogP contribution in [0.5, 0.6) is 0 Å². The van der Waals surface area contributed by atoms with Gasteiger partial charge in [-0.25, -0.2) is 0 Å². The van der Waals surface area contributed by atoms with Gasteiger partial charge in [0.2, 0.25) is 0 Å². The molecule has 0 spiro atoms. The molecule has 4 nitrogen and oxygen atoms in total. The quantitative estimate of drug-likeness (QED) is 0.166. The van der Waals surface area contributed by atoms with Gasteiger partial charge in [-0.2, -0.15) is 0 Å². The van der Waals surface area contributed by atoms with E-state index in [1.807, 2.05) is 111 Å². The maximum Gasteiger partial charge on any atom is 0.144 e. The zero-order chi connectivity index (χ0) is 34.8. The second kappa shape index (κ2) is 11.9. The van der Waals surface area contributed by atoms with Crippen LogP contribution in [0.15, 0.2) is 170 Å². The zero-order valence-electron chi connectivity index (χ0n) is 28.6. The van der Waals surface area contributed by atoms with Crippen LogP contribution in [0, 0.1) is 0 Å². The second-order valence-electron chi connectivity index (χ2n) is 14.3. The predicted molar refractivity (Wildman–Crippen MR) is 208 cm³/mol. The van der Waals surface area contributed by atoms with E-state index in [-0.39, 0.29) is 0 Å². The molecule has 3 N–H and O–H groups in total. The molecule has 0 saturated carbocycles. The van der Waals surface area contributed by atoms with Gasteiger partial charge in [-0.3, -0.25) is 5.32 Å². The molecule has 0 bridgehead atoms. The van der Waals surface area contributed by atoms with Gasteiger partial charge < -0.3 is 14.9 Å². The molecule has 51 heavy (non-hydrogen) atoms. The van der Waals surface area contributed by atoms with E-state index in [4.69, 9.17) is 4.74 Å². The van der Waals surface area contributed by atoms with Crippen molar-refractivity contribution in [2.45, 2.75) is 42.9 Å². The number of nitrogens with one attached hydrogen (secondary N) is 1. The van der Waals surface area contributed by atoms with Crippen molar-refractivity contribution in [2.24, 2.45) is 0 Å². The van der Waals surface area contributed by atoms with Crippen molar-refractivity contribution >= 4 is 43.1 Å². The SMILES string of the molecule is CC1(C)N[C@@H](C(O)(c2cccc3ccccc23)c2cccc3ccccc23)[C@@H](C(O)(c2cccc3ccccc23)c2cccc3ccccc23)O1. The van der Waals surface area contributed by atoms with Crippen LogP contribution in [0.25, 0.3) is 43.1 Å². The maximum atomic E-state index is 14.1. The molecule has 4 heteroatoms. The molecule has 8 aromatic rings. The van der Waals surface area contributed by atoms with E-state index in [1.54, 1.807) is 0 Å². The van der Waals surface area contributed by atoms with Gasteiger partial charge in [0.25, 0.3) is 0 Å². The molecule has 9 rings (SSSR count). The molecular weight excluding hydrogens is 627 g/mol. The topological polar surface area (TPSA) is 61.7 Å². The van der Waals surface area contributed by atoms with Gasteiger partial charge in [0, 0.05) is 0 Å². The first-order chi connectivity index (χ1) is 24.8. The lowest BCUT2D eigenvalue weighted by Crippen LogP contribution is -2.58. The third kappa shape index (κ3) is 4.90. The Bertz CT molecular complexity index is 2230. The number of benzene rings is 8. The minimum atomic E-state index is -1.74. The molecule has 1 aliphatic heterocycles. The minimum Gasteiger partial charge on any atom is -0.379 e. The summed E-state index contributed by atoms with van der Waals surface area (Å²) in [6.07, 6.45) is -0.980. The van der Waals surface area contributed by atoms with Crippen LogP contribution < -0.4 is 5.32 Å². The number of fused-ring (bicyclic) bond motifs is 4. The normalized spacial score (nSPS) is 17.8. The van der Waals surface area contributed by atoms with Crippen LogP contribution in [-0.4, -0.2) is 28.1 Å². The Balaban J connectivity index is 1.41. The number of hydrogen-bond donors (Lipinski definition) is 3. The fourth-order valence-corrected chi connectivity index (χ4v) is 8.68. The van der Waals surface area contributed by atoms with Crippen molar-refractivity contribution in [3.05, 3.63) is 192 Å². The number of aliphatic hydroxyl groups is 2. The molecule has 0 amide bonds. The molecule has 0 aromatic heterocycles. The highest BCUT2D eigenvalue weighted by atomic mass is 16.6. The molecule has 1 aliphatic rings. The zero-order valence-corrected chi connectivity index (χ0v) is 28.6. The summed E-state index contributed by atoms with van der Waals surface area (Å²) >= 11 is 0. The summed E-state index contributed by atoms with van der Waals surface area (Å²) in [4.78, 5) is 0. The van der Waals surface area contributed by atoms with E-state index >= 15 is 0 Å². The molecule has 2 atom stereocenters. The van der Waals surface area contributed by atoms with E-state index in [9.17, 15) is 10.2 Å². The van der Waals surface area contributed by atoms with Gasteiger partial charge in [-0.05, 0) is 79.2 Å². The number of hydrogen-bond acceptors (Lipinski definition) is 4. The first-order valence-electron chi connectivity index (χ1n) is 17.6. The molecule has 1 fully saturated rings. The Labute approximate surface area is 297 Å². The Morgan fingerprint density at radius 3 is 1.08 bits per heavy atom. The summed E-state index contributed by atoms with van der Waals surface area (Å²) < 4.78 is 7.13. The van der Waals surface area contributed by atoms with E-state index in [1.165, 1.54) is 0 Å². The first-order valence-corrected chi connectivity index (χ1v) is 17.6. The van der Waals surface area contributed by atoms with Gasteiger partial charge in [-0.15, -0.1) is 0 Å². The lowest BCUT2D eigenvalue weighted by Gasteiger charge is -2.44. The van der Waals surface area contributed by atoms with Gasteiger partial charge in [-0.1, -0.05) is 170 Å². The van der Waals surface area contributed by atoms with E-state index in [0.717, 1.165) is 54.2 Å². The molecule has 1 saturated heterocycles. The molecule has 8 aromatic carbocycles. The Hall–Kier alpha value is -5.36. The molecule has 0 unspecified atom stereocenters. The van der Waals surface area contributed by atoms with Crippen molar-refractivity contribution in [1.29, 1.82) is 0 Å². The average Bonchev–Trinajstić information content (AvgIpc) is 3.52. The summed E-state index contributed by atoms with van der Waals surface area (Å²) in [6.45, 7) is 3.94. The van der Waals surface area contributed by atoms with Crippen molar-refractivity contribution in [2.75, 3.05) is 0 Å². The highest BCUT2D eigenvalue weighted by Gasteiger charge is 2.61. The second-order valence-corrected chi connectivity index (χ2v) is 14.3. The van der Waals surface area contributed by atoms with Crippen LogP contribution in [-0.2, 0) is 15.9 Å². The fourth-order valence-electron chi connectivity index (χ4n) is 8.68. The summed E-state index contributed by atoms with van der Waals surface area (Å²) in [6, 6.07) is 56.1. The summed E-state index contributed by atoms with van der Waals surface area (Å²) in [5.74, 6) is 0. The fraction of sp³-hybridized carbons (Fsp3) is 0.149. The van der Waals surface area contributed by atoms with Crippen molar-refractivity contribution in [3.8, 4) is 0 Å². The van der Waals surface area contributed by atoms with Crippen molar-refractivity contribution < 1.29 is 14.9 Å². The number of ether oxygens (including phenoxy) is 1. The molecule has 0 aliphatic carbocycles. The van der Waals surface area contributed by atoms with Crippen LogP contribution in [0.4, 0.5) is 0 Å². The number of rotatable bonds is 6. The van der Waals surface area contributed by atoms with E-state index in [2.05, 4.69) is 78.1 Å². The van der Waals surface area contributed by atoms with Crippen LogP contribution in [0.3, 0.4) is 0 Å². The van der Waals surface area contributed by atoms with Crippen LogP contribution in [0.1, 0.15) is 36.1 Å². The highest BCUT2D eigenvalue weighted by molar-refractivity contribution is 5.93. The lowest BCUT2D eigenvalue weighted by molar-refractivity contribution is -0.127. The van der Waals surface area contributed by atoms with Crippen molar-refractivity contribution in [1.82, 2.24) is 5.32 Å². The summed E-state index contributed by atoms with van der Waals surface area (Å²) in [5, 5.41) is 39.6. The van der Waals surface area contributed by atoms with Gasteiger partial charge in [0.05, 0.1) is 6.04 Å². The summed E-state index contributed by atoms with van der Waals surface area (Å²) in [5.41, 5.74) is -1.46. The predicted octanol–water partition coefficient (Wildman–Crippen LogP) is 9.56. The van der Waals surface area contributed by atoms with Gasteiger partial charge >= 0.3 is 0 Å². The minimum absolute atomic E-state index is 0.713. The molecule has 250 valence electrons. The average molecular weight is 666 g/mol. The third-order valence-corrected chi connectivity index (χ3v) is 10.9. The molecule has 0 radical (unpaired) electrons. The Kier molecular flexibility index (Phi) is 7.36.